The molecule has 38 heavy (non-hydrogen) atoms. The van der Waals surface area contributed by atoms with Gasteiger partial charge in [-0.3, -0.25) is 19.3 Å². The summed E-state index contributed by atoms with van der Waals surface area (Å²) in [5.41, 5.74) is 0.419. The van der Waals surface area contributed by atoms with Crippen LogP contribution in [0.2, 0.25) is 0 Å². The summed E-state index contributed by atoms with van der Waals surface area (Å²) in [7, 11) is 3.32. The van der Waals surface area contributed by atoms with Crippen molar-refractivity contribution in [2.45, 2.75) is 26.2 Å². The fourth-order valence-corrected chi connectivity index (χ4v) is 5.41. The average Bonchev–Trinajstić information content (AvgIpc) is 3.32. The molecule has 0 aliphatic carbocycles. The summed E-state index contributed by atoms with van der Waals surface area (Å²) < 4.78 is 11.5. The number of benzene rings is 2. The highest BCUT2D eigenvalue weighted by atomic mass is 32.1. The van der Waals surface area contributed by atoms with Crippen molar-refractivity contribution in [2.75, 3.05) is 58.9 Å². The van der Waals surface area contributed by atoms with Crippen LogP contribution in [0.3, 0.4) is 0 Å². The quantitative estimate of drug-likeness (QED) is 0.338. The number of rotatable bonds is 8. The van der Waals surface area contributed by atoms with Crippen LogP contribution in [-0.4, -0.2) is 80.9 Å². The minimum Gasteiger partial charge on any atom is -0.492 e. The number of ether oxygens (including phenoxy) is 2. The number of carbonyl (C=O) groups excluding carboxylic acids is 3. The lowest BCUT2D eigenvalue weighted by Crippen LogP contribution is -2.38. The topological polar surface area (TPSA) is 88.2 Å². The van der Waals surface area contributed by atoms with Crippen LogP contribution in [0.4, 0.5) is 5.69 Å². The molecule has 2 amide bonds. The molecule has 2 heterocycles. The maximum atomic E-state index is 13.4. The number of nitrogens with one attached hydrogen (secondary N) is 1. The maximum Gasteiger partial charge on any atom is 0.296 e. The van der Waals surface area contributed by atoms with Gasteiger partial charge in [0.2, 0.25) is 0 Å². The Morgan fingerprint density at radius 2 is 1.74 bits per heavy atom. The van der Waals surface area contributed by atoms with E-state index in [1.165, 1.54) is 16.2 Å². The van der Waals surface area contributed by atoms with Crippen LogP contribution >= 0.6 is 11.3 Å². The van der Waals surface area contributed by atoms with Crippen LogP contribution in [0.5, 0.6) is 5.75 Å². The largest absolute Gasteiger partial charge is 0.492 e. The minimum absolute atomic E-state index is 0.215. The third-order valence-corrected chi connectivity index (χ3v) is 7.97. The van der Waals surface area contributed by atoms with Gasteiger partial charge in [0.25, 0.3) is 17.6 Å². The maximum absolute atomic E-state index is 13.4. The molecule has 202 valence electrons. The molecule has 0 radical (unpaired) electrons. The third-order valence-electron chi connectivity index (χ3n) is 6.42. The third kappa shape index (κ3) is 6.23. The molecule has 3 aromatic rings. The number of morpholine rings is 1. The van der Waals surface area contributed by atoms with Crippen molar-refractivity contribution in [3.63, 3.8) is 0 Å². The summed E-state index contributed by atoms with van der Waals surface area (Å²) >= 11 is 1.33. The van der Waals surface area contributed by atoms with Crippen LogP contribution in [-0.2, 0) is 14.9 Å². The number of carbonyl (C=O) groups is 3. The van der Waals surface area contributed by atoms with Gasteiger partial charge in [-0.1, -0.05) is 45.0 Å². The fraction of sp³-hybridized carbons (Fsp3) is 0.414. The number of nitrogens with zero attached hydrogens (tertiary/aromatic N) is 2. The molecule has 8 nitrogen and oxygen atoms in total. The van der Waals surface area contributed by atoms with Gasteiger partial charge >= 0.3 is 0 Å². The molecule has 0 atom stereocenters. The van der Waals surface area contributed by atoms with Crippen molar-refractivity contribution < 1.29 is 23.9 Å². The van der Waals surface area contributed by atoms with Gasteiger partial charge in [-0.05, 0) is 29.0 Å². The summed E-state index contributed by atoms with van der Waals surface area (Å²) in [4.78, 5) is 44.4. The monoisotopic (exact) mass is 537 g/mol. The molecule has 1 N–H and O–H groups in total. The number of Topliss-reactive ketones (excluding diaryl/α,β-unsaturated/α-hetero) is 1. The highest BCUT2D eigenvalue weighted by molar-refractivity contribution is 7.14. The molecule has 1 fully saturated rings. The van der Waals surface area contributed by atoms with Gasteiger partial charge in [-0.25, -0.2) is 0 Å². The predicted octanol–water partition coefficient (Wildman–Crippen LogP) is 4.43. The van der Waals surface area contributed by atoms with Crippen molar-refractivity contribution in [1.82, 2.24) is 9.80 Å². The van der Waals surface area contributed by atoms with E-state index in [0.29, 0.717) is 28.3 Å². The molecule has 0 spiro atoms. The van der Waals surface area contributed by atoms with E-state index in [9.17, 15) is 14.4 Å². The Labute approximate surface area is 227 Å². The molecule has 0 saturated carbocycles. The Kier molecular flexibility index (Phi) is 8.50. The molecular formula is C29H35N3O5S. The van der Waals surface area contributed by atoms with E-state index in [-0.39, 0.29) is 16.9 Å². The average molecular weight is 538 g/mol. The number of hydrogen-bond donors (Lipinski definition) is 1. The van der Waals surface area contributed by atoms with Crippen molar-refractivity contribution in [3.05, 3.63) is 57.8 Å². The lowest BCUT2D eigenvalue weighted by molar-refractivity contribution is -0.112. The molecule has 0 unspecified atom stereocenters. The molecule has 1 aromatic heterocycles. The van der Waals surface area contributed by atoms with Crippen molar-refractivity contribution >= 4 is 45.4 Å². The summed E-state index contributed by atoms with van der Waals surface area (Å²) in [5, 5.41) is 4.12. The molecule has 1 saturated heterocycles. The fourth-order valence-electron chi connectivity index (χ4n) is 4.22. The molecule has 1 aliphatic rings. The highest BCUT2D eigenvalue weighted by Gasteiger charge is 2.27. The first-order valence-electron chi connectivity index (χ1n) is 12.7. The SMILES string of the molecule is CN(C)C(=O)c1sc(C(C)(C)C)cc1NC(=O)C(=O)c1ccc(OCCN2CCOCC2)c2ccccc12. The van der Waals surface area contributed by atoms with Crippen LogP contribution < -0.4 is 10.1 Å². The van der Waals surface area contributed by atoms with Gasteiger partial charge in [-0.2, -0.15) is 0 Å². The Balaban J connectivity index is 1.55. The Bertz CT molecular complexity index is 1340. The number of thiophene rings is 1. The van der Waals surface area contributed by atoms with Crippen molar-refractivity contribution in [3.8, 4) is 5.75 Å². The lowest BCUT2D eigenvalue weighted by atomic mass is 9.94. The van der Waals surface area contributed by atoms with Crippen LogP contribution in [0.15, 0.2) is 42.5 Å². The Hall–Kier alpha value is -3.27. The second-order valence-corrected chi connectivity index (χ2v) is 11.6. The van der Waals surface area contributed by atoms with E-state index in [2.05, 4.69) is 10.2 Å². The highest BCUT2D eigenvalue weighted by Crippen LogP contribution is 2.36. The van der Waals surface area contributed by atoms with Gasteiger partial charge in [-0.15, -0.1) is 11.3 Å². The summed E-state index contributed by atoms with van der Waals surface area (Å²) in [6, 6.07) is 12.6. The molecule has 1 aliphatic heterocycles. The van der Waals surface area contributed by atoms with E-state index < -0.39 is 11.7 Å². The predicted molar refractivity (Wildman–Crippen MR) is 151 cm³/mol. The zero-order chi connectivity index (χ0) is 27.4. The molecular weight excluding hydrogens is 502 g/mol. The smallest absolute Gasteiger partial charge is 0.296 e. The summed E-state index contributed by atoms with van der Waals surface area (Å²) in [6.45, 7) is 10.6. The zero-order valence-corrected chi connectivity index (χ0v) is 23.4. The van der Waals surface area contributed by atoms with Gasteiger partial charge in [0.1, 0.15) is 17.2 Å². The summed E-state index contributed by atoms with van der Waals surface area (Å²) in [6.07, 6.45) is 0. The number of anilines is 1. The van der Waals surface area contributed by atoms with Crippen molar-refractivity contribution in [1.29, 1.82) is 0 Å². The standard InChI is InChI=1S/C29H35N3O5S/c1-29(2,3)24-18-22(26(38-24)28(35)31(4)5)30-27(34)25(33)21-10-11-23(20-9-7-6-8-19(20)21)37-17-14-32-12-15-36-16-13-32/h6-11,18H,12-17H2,1-5H3,(H,30,34). The number of fused-ring (bicyclic) bond motifs is 1. The first kappa shape index (κ1) is 27.8. The van der Waals surface area contributed by atoms with Gasteiger partial charge in [0.15, 0.2) is 0 Å². The molecule has 2 aromatic carbocycles. The first-order valence-corrected chi connectivity index (χ1v) is 13.5. The molecule has 4 rings (SSSR count). The Morgan fingerprint density at radius 3 is 2.39 bits per heavy atom. The van der Waals surface area contributed by atoms with E-state index in [0.717, 1.165) is 43.1 Å². The van der Waals surface area contributed by atoms with E-state index in [1.54, 1.807) is 32.3 Å². The van der Waals surface area contributed by atoms with Gasteiger partial charge in [0, 0.05) is 49.6 Å². The first-order chi connectivity index (χ1) is 18.1. The van der Waals surface area contributed by atoms with E-state index in [1.807, 2.05) is 45.0 Å². The normalized spacial score (nSPS) is 14.3. The van der Waals surface area contributed by atoms with E-state index in [4.69, 9.17) is 9.47 Å². The van der Waals surface area contributed by atoms with E-state index >= 15 is 0 Å². The summed E-state index contributed by atoms with van der Waals surface area (Å²) in [5.74, 6) is -1.02. The zero-order valence-electron chi connectivity index (χ0n) is 22.6. The second kappa shape index (κ2) is 11.6. The molecule has 9 heteroatoms. The van der Waals surface area contributed by atoms with Crippen molar-refractivity contribution in [2.24, 2.45) is 0 Å². The second-order valence-electron chi connectivity index (χ2n) is 10.5. The number of ketones is 1. The lowest BCUT2D eigenvalue weighted by Gasteiger charge is -2.26. The number of amides is 2. The minimum atomic E-state index is -0.790. The Morgan fingerprint density at radius 1 is 1.05 bits per heavy atom. The van der Waals surface area contributed by atoms with Crippen LogP contribution in [0.1, 0.15) is 45.7 Å². The van der Waals surface area contributed by atoms with Gasteiger partial charge < -0.3 is 19.7 Å². The van der Waals surface area contributed by atoms with Crippen LogP contribution in [0.25, 0.3) is 10.8 Å². The molecule has 0 bridgehead atoms. The van der Waals surface area contributed by atoms with Gasteiger partial charge in [0.05, 0.1) is 18.9 Å². The van der Waals surface area contributed by atoms with Crippen LogP contribution in [0, 0.1) is 0 Å². The number of hydrogen-bond acceptors (Lipinski definition) is 7.